The number of ketones is 1. The van der Waals surface area contributed by atoms with Crippen molar-refractivity contribution in [3.8, 4) is 5.75 Å². The Morgan fingerprint density at radius 2 is 1.72 bits per heavy atom. The van der Waals surface area contributed by atoms with Gasteiger partial charge < -0.3 is 10.1 Å². The molecule has 0 bridgehead atoms. The normalized spacial score (nSPS) is 14.8. The summed E-state index contributed by atoms with van der Waals surface area (Å²) in [5.74, 6) is 0.833. The molecule has 4 aromatic rings. The van der Waals surface area contributed by atoms with Crippen LogP contribution in [0.5, 0.6) is 5.75 Å². The van der Waals surface area contributed by atoms with Crippen molar-refractivity contribution in [3.63, 3.8) is 0 Å². The van der Waals surface area contributed by atoms with Crippen molar-refractivity contribution in [3.05, 3.63) is 116 Å². The summed E-state index contributed by atoms with van der Waals surface area (Å²) in [6.07, 6.45) is -0.645. The van der Waals surface area contributed by atoms with Crippen molar-refractivity contribution in [2.45, 2.75) is 6.23 Å². The molecule has 1 aliphatic heterocycles. The number of carbonyl (C=O) groups is 1. The number of halogens is 2. The SMILES string of the molecule is O=C(c1cscc1Cl)c1cc(Cl)ccc1OC1N=C(c2ccccc2)Nc2ccccc21. The van der Waals surface area contributed by atoms with Gasteiger partial charge in [0.05, 0.1) is 16.1 Å². The molecule has 4 nitrogen and oxygen atoms in total. The number of hydrogen-bond acceptors (Lipinski definition) is 5. The van der Waals surface area contributed by atoms with Crippen molar-refractivity contribution in [2.75, 3.05) is 5.32 Å². The molecule has 1 N–H and O–H groups in total. The number of hydrogen-bond donors (Lipinski definition) is 1. The van der Waals surface area contributed by atoms with Crippen molar-refractivity contribution in [1.29, 1.82) is 0 Å². The zero-order valence-electron chi connectivity index (χ0n) is 16.6. The molecular formula is C25H16Cl2N2O2S. The Balaban J connectivity index is 1.56. The van der Waals surface area contributed by atoms with Crippen LogP contribution in [0.1, 0.15) is 33.3 Å². The summed E-state index contributed by atoms with van der Waals surface area (Å²) in [6.45, 7) is 0. The van der Waals surface area contributed by atoms with Gasteiger partial charge in [-0.3, -0.25) is 4.79 Å². The molecule has 0 fully saturated rings. The molecule has 32 heavy (non-hydrogen) atoms. The molecule has 1 unspecified atom stereocenters. The minimum Gasteiger partial charge on any atom is -0.464 e. The maximum atomic E-state index is 13.2. The Bertz CT molecular complexity index is 1330. The number of para-hydroxylation sites is 1. The highest BCUT2D eigenvalue weighted by Crippen LogP contribution is 2.36. The van der Waals surface area contributed by atoms with Gasteiger partial charge in [-0.15, -0.1) is 0 Å². The van der Waals surface area contributed by atoms with Crippen LogP contribution in [0.3, 0.4) is 0 Å². The topological polar surface area (TPSA) is 50.7 Å². The molecule has 0 radical (unpaired) electrons. The fraction of sp³-hybridized carbons (Fsp3) is 0.0400. The van der Waals surface area contributed by atoms with Gasteiger partial charge in [0, 0.05) is 32.6 Å². The average molecular weight is 479 g/mol. The summed E-state index contributed by atoms with van der Waals surface area (Å²) in [4.78, 5) is 18.0. The van der Waals surface area contributed by atoms with Gasteiger partial charge in [-0.05, 0) is 24.3 Å². The summed E-state index contributed by atoms with van der Waals surface area (Å²) < 4.78 is 6.33. The predicted octanol–water partition coefficient (Wildman–Crippen LogP) is 7.24. The lowest BCUT2D eigenvalue weighted by Gasteiger charge is -2.26. The zero-order chi connectivity index (χ0) is 22.1. The molecular weight excluding hydrogens is 463 g/mol. The van der Waals surface area contributed by atoms with Crippen LogP contribution < -0.4 is 10.1 Å². The first-order valence-corrected chi connectivity index (χ1v) is 11.5. The monoisotopic (exact) mass is 478 g/mol. The Hall–Kier alpha value is -3.12. The number of fused-ring (bicyclic) bond motifs is 1. The second-order valence-electron chi connectivity index (χ2n) is 7.13. The van der Waals surface area contributed by atoms with Crippen molar-refractivity contribution < 1.29 is 9.53 Å². The van der Waals surface area contributed by atoms with Crippen molar-refractivity contribution in [1.82, 2.24) is 0 Å². The fourth-order valence-corrected chi connectivity index (χ4v) is 4.71. The van der Waals surface area contributed by atoms with Gasteiger partial charge in [0.15, 0.2) is 5.78 Å². The van der Waals surface area contributed by atoms with E-state index in [1.54, 1.807) is 29.0 Å². The highest BCUT2D eigenvalue weighted by atomic mass is 35.5. The second-order valence-corrected chi connectivity index (χ2v) is 8.72. The lowest BCUT2D eigenvalue weighted by molar-refractivity contribution is 0.103. The molecule has 0 saturated carbocycles. The number of aliphatic imine (C=N–C) groups is 1. The maximum absolute atomic E-state index is 13.2. The number of carbonyl (C=O) groups excluding carboxylic acids is 1. The predicted molar refractivity (Wildman–Crippen MR) is 131 cm³/mol. The number of ether oxygens (including phenoxy) is 1. The minimum absolute atomic E-state index is 0.247. The van der Waals surface area contributed by atoms with Crippen LogP contribution in [0, 0.1) is 0 Å². The number of rotatable bonds is 5. The second kappa shape index (κ2) is 8.79. The molecule has 0 aliphatic carbocycles. The van der Waals surface area contributed by atoms with Crippen LogP contribution in [0.4, 0.5) is 5.69 Å². The lowest BCUT2D eigenvalue weighted by Crippen LogP contribution is -2.24. The van der Waals surface area contributed by atoms with Crippen LogP contribution in [0.15, 0.2) is 88.5 Å². The number of nitrogens with one attached hydrogen (secondary N) is 1. The van der Waals surface area contributed by atoms with E-state index in [1.807, 2.05) is 54.6 Å². The van der Waals surface area contributed by atoms with Gasteiger partial charge in [-0.1, -0.05) is 71.7 Å². The highest BCUT2D eigenvalue weighted by molar-refractivity contribution is 7.08. The number of benzene rings is 3. The molecule has 1 aliphatic rings. The van der Waals surface area contributed by atoms with E-state index < -0.39 is 6.23 Å². The van der Waals surface area contributed by atoms with E-state index in [0.29, 0.717) is 32.8 Å². The summed E-state index contributed by atoms with van der Waals surface area (Å²) in [5, 5.41) is 7.66. The Morgan fingerprint density at radius 3 is 2.50 bits per heavy atom. The molecule has 7 heteroatoms. The molecule has 0 amide bonds. The smallest absolute Gasteiger partial charge is 0.219 e. The van der Waals surface area contributed by atoms with E-state index >= 15 is 0 Å². The van der Waals surface area contributed by atoms with Gasteiger partial charge in [-0.2, -0.15) is 11.3 Å². The van der Waals surface area contributed by atoms with E-state index in [-0.39, 0.29) is 5.78 Å². The van der Waals surface area contributed by atoms with E-state index in [9.17, 15) is 4.79 Å². The maximum Gasteiger partial charge on any atom is 0.219 e. The summed E-state index contributed by atoms with van der Waals surface area (Å²) in [5.41, 5.74) is 3.46. The summed E-state index contributed by atoms with van der Waals surface area (Å²) in [7, 11) is 0. The Kier molecular flexibility index (Phi) is 5.70. The van der Waals surface area contributed by atoms with Gasteiger partial charge in [0.2, 0.25) is 6.23 Å². The molecule has 2 heterocycles. The van der Waals surface area contributed by atoms with Crippen molar-refractivity contribution >= 4 is 51.8 Å². The molecule has 0 saturated heterocycles. The van der Waals surface area contributed by atoms with Gasteiger partial charge >= 0.3 is 0 Å². The third kappa shape index (κ3) is 4.02. The fourth-order valence-electron chi connectivity index (χ4n) is 3.50. The van der Waals surface area contributed by atoms with Gasteiger partial charge in [0.1, 0.15) is 11.6 Å². The number of anilines is 1. The summed E-state index contributed by atoms with van der Waals surface area (Å²) in [6, 6.07) is 22.6. The number of thiophene rings is 1. The van der Waals surface area contributed by atoms with Crippen LogP contribution in [-0.2, 0) is 0 Å². The molecule has 5 rings (SSSR count). The van der Waals surface area contributed by atoms with Crippen LogP contribution in [-0.4, -0.2) is 11.6 Å². The summed E-state index contributed by atoms with van der Waals surface area (Å²) >= 11 is 13.8. The van der Waals surface area contributed by atoms with Crippen molar-refractivity contribution in [2.24, 2.45) is 4.99 Å². The van der Waals surface area contributed by atoms with Gasteiger partial charge in [-0.25, -0.2) is 4.99 Å². The highest BCUT2D eigenvalue weighted by Gasteiger charge is 2.26. The third-order valence-electron chi connectivity index (χ3n) is 5.06. The quantitative estimate of drug-likeness (QED) is 0.307. The standard InChI is InChI=1S/C25H16Cl2N2O2S/c26-16-10-11-22(18(12-16)23(30)19-13-32-14-20(19)27)31-25-17-8-4-5-9-21(17)28-24(29-25)15-6-2-1-3-7-15/h1-14,25H,(H,28,29). The third-order valence-corrected chi connectivity index (χ3v) is 6.48. The first-order valence-electron chi connectivity index (χ1n) is 9.82. The van der Waals surface area contributed by atoms with E-state index in [4.69, 9.17) is 32.9 Å². The zero-order valence-corrected chi connectivity index (χ0v) is 18.9. The first-order chi connectivity index (χ1) is 15.6. The first kappa shape index (κ1) is 20.8. The molecule has 1 aromatic heterocycles. The van der Waals surface area contributed by atoms with Crippen LogP contribution in [0.25, 0.3) is 0 Å². The molecule has 1 atom stereocenters. The number of nitrogens with zero attached hydrogens (tertiary/aromatic N) is 1. The Labute approximate surface area is 199 Å². The molecule has 0 spiro atoms. The van der Waals surface area contributed by atoms with Crippen LogP contribution >= 0.6 is 34.5 Å². The van der Waals surface area contributed by atoms with Gasteiger partial charge in [0.25, 0.3) is 0 Å². The van der Waals surface area contributed by atoms with E-state index in [0.717, 1.165) is 16.8 Å². The molecule has 158 valence electrons. The molecule has 3 aromatic carbocycles. The average Bonchev–Trinajstić information content (AvgIpc) is 3.26. The van der Waals surface area contributed by atoms with E-state index in [2.05, 4.69) is 5.32 Å². The largest absolute Gasteiger partial charge is 0.464 e. The minimum atomic E-state index is -0.645. The van der Waals surface area contributed by atoms with Crippen LogP contribution in [0.2, 0.25) is 10.0 Å². The number of amidine groups is 1. The Morgan fingerprint density at radius 1 is 0.938 bits per heavy atom. The lowest BCUT2D eigenvalue weighted by atomic mass is 10.0. The van der Waals surface area contributed by atoms with E-state index in [1.165, 1.54) is 11.3 Å².